The van der Waals surface area contributed by atoms with Crippen LogP contribution in [-0.4, -0.2) is 33.0 Å². The Balaban J connectivity index is 1.59. The molecule has 1 aromatic heterocycles. The first kappa shape index (κ1) is 22.4. The molecule has 166 valence electrons. The molecule has 8 heteroatoms. The van der Waals surface area contributed by atoms with Crippen molar-refractivity contribution in [2.75, 3.05) is 11.9 Å². The van der Waals surface area contributed by atoms with E-state index in [-0.39, 0.29) is 17.7 Å². The van der Waals surface area contributed by atoms with E-state index < -0.39 is 0 Å². The van der Waals surface area contributed by atoms with Gasteiger partial charge in [-0.1, -0.05) is 35.3 Å². The van der Waals surface area contributed by atoms with Crippen molar-refractivity contribution in [3.8, 4) is 5.69 Å². The Bertz CT molecular complexity index is 1170. The molecule has 0 radical (unpaired) electrons. The van der Waals surface area contributed by atoms with Crippen LogP contribution in [0.3, 0.4) is 0 Å². The standard InChI is InChI=1S/C24H24Cl2N4O2/c1-3-29(15(2)31)14-16-5-4-6-19(11-16)28-24(32)20-13-27-30(23(20)17-7-8-17)22-10-9-18(25)12-21(22)26/h4-6,9-13,17H,3,7-8,14H2,1-2H3,(H,28,32). The lowest BCUT2D eigenvalue weighted by Gasteiger charge is -2.19. The Morgan fingerprint density at radius 2 is 1.97 bits per heavy atom. The van der Waals surface area contributed by atoms with E-state index in [1.807, 2.05) is 37.3 Å². The van der Waals surface area contributed by atoms with E-state index in [1.54, 1.807) is 34.8 Å². The zero-order valence-electron chi connectivity index (χ0n) is 17.9. The monoisotopic (exact) mass is 470 g/mol. The van der Waals surface area contributed by atoms with Crippen LogP contribution < -0.4 is 5.32 Å². The molecular formula is C24H24Cl2N4O2. The molecule has 0 unspecified atom stereocenters. The number of halogens is 2. The summed E-state index contributed by atoms with van der Waals surface area (Å²) < 4.78 is 1.74. The molecule has 1 aliphatic rings. The second-order valence-electron chi connectivity index (χ2n) is 7.91. The molecule has 1 saturated carbocycles. The second kappa shape index (κ2) is 9.35. The zero-order chi connectivity index (χ0) is 22.8. The highest BCUT2D eigenvalue weighted by Crippen LogP contribution is 2.43. The van der Waals surface area contributed by atoms with Crippen LogP contribution in [0.5, 0.6) is 0 Å². The first-order valence-corrected chi connectivity index (χ1v) is 11.3. The van der Waals surface area contributed by atoms with Gasteiger partial charge in [-0.25, -0.2) is 4.68 Å². The largest absolute Gasteiger partial charge is 0.339 e. The number of carbonyl (C=O) groups excluding carboxylic acids is 2. The van der Waals surface area contributed by atoms with Gasteiger partial charge < -0.3 is 10.2 Å². The minimum Gasteiger partial charge on any atom is -0.339 e. The maximum absolute atomic E-state index is 13.2. The molecule has 6 nitrogen and oxygen atoms in total. The summed E-state index contributed by atoms with van der Waals surface area (Å²) in [5.74, 6) is 0.0635. The molecule has 1 heterocycles. The number of aromatic nitrogens is 2. The third kappa shape index (κ3) is 4.81. The fourth-order valence-electron chi connectivity index (χ4n) is 3.74. The Morgan fingerprint density at radius 3 is 2.62 bits per heavy atom. The van der Waals surface area contributed by atoms with Crippen LogP contribution in [-0.2, 0) is 11.3 Å². The zero-order valence-corrected chi connectivity index (χ0v) is 19.5. The summed E-state index contributed by atoms with van der Waals surface area (Å²) in [6.45, 7) is 4.62. The number of carbonyl (C=O) groups is 2. The number of nitrogens with zero attached hydrogens (tertiary/aromatic N) is 3. The highest BCUT2D eigenvalue weighted by molar-refractivity contribution is 6.35. The lowest BCUT2D eigenvalue weighted by molar-refractivity contribution is -0.129. The van der Waals surface area contributed by atoms with Gasteiger partial charge in [-0.05, 0) is 55.7 Å². The fourth-order valence-corrected chi connectivity index (χ4v) is 4.23. The van der Waals surface area contributed by atoms with Crippen molar-refractivity contribution in [2.24, 2.45) is 0 Å². The Labute approximate surface area is 197 Å². The minimum atomic E-state index is -0.223. The van der Waals surface area contributed by atoms with E-state index >= 15 is 0 Å². The van der Waals surface area contributed by atoms with Crippen molar-refractivity contribution in [3.63, 3.8) is 0 Å². The molecule has 1 fully saturated rings. The van der Waals surface area contributed by atoms with Gasteiger partial charge in [0.15, 0.2) is 0 Å². The number of hydrogen-bond acceptors (Lipinski definition) is 3. The lowest BCUT2D eigenvalue weighted by Crippen LogP contribution is -2.27. The van der Waals surface area contributed by atoms with Gasteiger partial charge in [-0.15, -0.1) is 0 Å². The molecule has 3 aromatic rings. The number of amides is 2. The molecule has 0 saturated heterocycles. The van der Waals surface area contributed by atoms with Gasteiger partial charge in [0.1, 0.15) is 0 Å². The van der Waals surface area contributed by atoms with Gasteiger partial charge in [0.2, 0.25) is 5.91 Å². The Kier molecular flexibility index (Phi) is 6.53. The van der Waals surface area contributed by atoms with E-state index in [2.05, 4.69) is 10.4 Å². The summed E-state index contributed by atoms with van der Waals surface area (Å²) in [5.41, 5.74) is 3.71. The third-order valence-corrected chi connectivity index (χ3v) is 6.08. The topological polar surface area (TPSA) is 67.2 Å². The fraction of sp³-hybridized carbons (Fsp3) is 0.292. The highest BCUT2D eigenvalue weighted by Gasteiger charge is 2.33. The van der Waals surface area contributed by atoms with Crippen molar-refractivity contribution < 1.29 is 9.59 Å². The van der Waals surface area contributed by atoms with Crippen LogP contribution in [0.25, 0.3) is 5.69 Å². The van der Waals surface area contributed by atoms with Gasteiger partial charge in [-0.2, -0.15) is 5.10 Å². The SMILES string of the molecule is CCN(Cc1cccc(NC(=O)c2cnn(-c3ccc(Cl)cc3Cl)c2C2CC2)c1)C(C)=O. The van der Waals surface area contributed by atoms with Crippen LogP contribution >= 0.6 is 23.2 Å². The molecule has 2 amide bonds. The van der Waals surface area contributed by atoms with Crippen LogP contribution in [0.15, 0.2) is 48.7 Å². The van der Waals surface area contributed by atoms with Gasteiger partial charge in [-0.3, -0.25) is 9.59 Å². The number of anilines is 1. The summed E-state index contributed by atoms with van der Waals surface area (Å²) in [6.07, 6.45) is 3.60. The molecule has 1 N–H and O–H groups in total. The summed E-state index contributed by atoms with van der Waals surface area (Å²) in [7, 11) is 0. The summed E-state index contributed by atoms with van der Waals surface area (Å²) in [6, 6.07) is 12.8. The molecule has 0 aliphatic heterocycles. The summed E-state index contributed by atoms with van der Waals surface area (Å²) in [4.78, 5) is 26.6. The average molecular weight is 471 g/mol. The number of nitrogens with one attached hydrogen (secondary N) is 1. The lowest BCUT2D eigenvalue weighted by atomic mass is 10.1. The van der Waals surface area contributed by atoms with Crippen molar-refractivity contribution in [3.05, 3.63) is 75.5 Å². The van der Waals surface area contributed by atoms with Crippen molar-refractivity contribution in [1.82, 2.24) is 14.7 Å². The van der Waals surface area contributed by atoms with Gasteiger partial charge in [0.25, 0.3) is 5.91 Å². The summed E-state index contributed by atoms with van der Waals surface area (Å²) in [5, 5.41) is 8.48. The van der Waals surface area contributed by atoms with Gasteiger partial charge >= 0.3 is 0 Å². The predicted octanol–water partition coefficient (Wildman–Crippen LogP) is 5.68. The molecule has 32 heavy (non-hydrogen) atoms. The van der Waals surface area contributed by atoms with E-state index in [1.165, 1.54) is 0 Å². The average Bonchev–Trinajstić information content (AvgIpc) is 3.50. The van der Waals surface area contributed by atoms with Crippen molar-refractivity contribution in [1.29, 1.82) is 0 Å². The summed E-state index contributed by atoms with van der Waals surface area (Å²) >= 11 is 12.4. The van der Waals surface area contributed by atoms with Crippen LogP contribution in [0.1, 0.15) is 54.2 Å². The number of hydrogen-bond donors (Lipinski definition) is 1. The molecule has 2 aromatic carbocycles. The molecule has 4 rings (SSSR count). The normalized spacial score (nSPS) is 13.1. The first-order chi connectivity index (χ1) is 15.4. The van der Waals surface area contributed by atoms with Gasteiger partial charge in [0.05, 0.1) is 28.2 Å². The van der Waals surface area contributed by atoms with Crippen LogP contribution in [0.4, 0.5) is 5.69 Å². The van der Waals surface area contributed by atoms with E-state index in [0.717, 1.165) is 24.1 Å². The van der Waals surface area contributed by atoms with E-state index in [0.29, 0.717) is 40.1 Å². The predicted molar refractivity (Wildman–Crippen MR) is 127 cm³/mol. The molecule has 0 spiro atoms. The van der Waals surface area contributed by atoms with Crippen molar-refractivity contribution >= 4 is 40.7 Å². The van der Waals surface area contributed by atoms with Crippen LogP contribution in [0, 0.1) is 0 Å². The first-order valence-electron chi connectivity index (χ1n) is 10.6. The van der Waals surface area contributed by atoms with Crippen molar-refractivity contribution in [2.45, 2.75) is 39.2 Å². The molecule has 0 atom stereocenters. The smallest absolute Gasteiger partial charge is 0.259 e. The number of benzene rings is 2. The minimum absolute atomic E-state index is 0.0179. The van der Waals surface area contributed by atoms with Gasteiger partial charge in [0, 0.05) is 36.6 Å². The molecule has 1 aliphatic carbocycles. The third-order valence-electron chi connectivity index (χ3n) is 5.54. The molecular weight excluding hydrogens is 447 g/mol. The van der Waals surface area contributed by atoms with E-state index in [4.69, 9.17) is 23.2 Å². The van der Waals surface area contributed by atoms with Crippen LogP contribution in [0.2, 0.25) is 10.0 Å². The molecule has 0 bridgehead atoms. The number of rotatable bonds is 7. The maximum atomic E-state index is 13.2. The Morgan fingerprint density at radius 1 is 1.19 bits per heavy atom. The maximum Gasteiger partial charge on any atom is 0.259 e. The highest BCUT2D eigenvalue weighted by atomic mass is 35.5. The Hall–Kier alpha value is -2.83. The quantitative estimate of drug-likeness (QED) is 0.482. The second-order valence-corrected chi connectivity index (χ2v) is 8.76. The van der Waals surface area contributed by atoms with E-state index in [9.17, 15) is 9.59 Å².